The molecular formula is C21H19F2N5. The molecule has 142 valence electrons. The lowest BCUT2D eigenvalue weighted by Crippen LogP contribution is -2.34. The molecule has 1 aliphatic heterocycles. The summed E-state index contributed by atoms with van der Waals surface area (Å²) in [6, 6.07) is 11.5. The average Bonchev–Trinajstić information content (AvgIpc) is 3.15. The van der Waals surface area contributed by atoms with E-state index in [1.165, 1.54) is 6.07 Å². The van der Waals surface area contributed by atoms with Crippen molar-refractivity contribution in [2.45, 2.75) is 18.8 Å². The third-order valence-corrected chi connectivity index (χ3v) is 5.31. The number of para-hydroxylation sites is 1. The molecule has 0 unspecified atom stereocenters. The summed E-state index contributed by atoms with van der Waals surface area (Å²) in [5, 5.41) is 17.8. The number of nitrogens with zero attached hydrogens (tertiary/aromatic N) is 5. The smallest absolute Gasteiger partial charge is 0.159 e. The van der Waals surface area contributed by atoms with Crippen molar-refractivity contribution in [1.29, 1.82) is 5.26 Å². The van der Waals surface area contributed by atoms with Crippen LogP contribution in [0.1, 0.15) is 30.1 Å². The van der Waals surface area contributed by atoms with E-state index in [4.69, 9.17) is 0 Å². The zero-order valence-corrected chi connectivity index (χ0v) is 15.4. The summed E-state index contributed by atoms with van der Waals surface area (Å²) in [7, 11) is 1.94. The first-order chi connectivity index (χ1) is 13.6. The van der Waals surface area contributed by atoms with E-state index in [-0.39, 0.29) is 0 Å². The standard InChI is InChI=1S/C21H19F2N5/c1-27-13-25-26-21(27)14-7-9-28(10-8-14)20-16(12-24)3-2-4-17(20)15-5-6-18(22)19(23)11-15/h2-6,11,13-14H,7-10H2,1H3. The predicted molar refractivity (Wildman–Crippen MR) is 102 cm³/mol. The van der Waals surface area contributed by atoms with Gasteiger partial charge in [0.1, 0.15) is 18.2 Å². The van der Waals surface area contributed by atoms with E-state index in [1.807, 2.05) is 17.7 Å². The second kappa shape index (κ2) is 7.39. The Balaban J connectivity index is 1.67. The van der Waals surface area contributed by atoms with Gasteiger partial charge in [-0.3, -0.25) is 0 Å². The highest BCUT2D eigenvalue weighted by molar-refractivity contribution is 5.83. The molecule has 2 aromatic carbocycles. The molecule has 1 aliphatic rings. The van der Waals surface area contributed by atoms with Crippen LogP contribution in [0.15, 0.2) is 42.7 Å². The Morgan fingerprint density at radius 1 is 1.11 bits per heavy atom. The third kappa shape index (κ3) is 3.22. The molecule has 0 aliphatic carbocycles. The van der Waals surface area contributed by atoms with Gasteiger partial charge in [0.15, 0.2) is 11.6 Å². The number of hydrogen-bond donors (Lipinski definition) is 0. The summed E-state index contributed by atoms with van der Waals surface area (Å²) in [4.78, 5) is 2.15. The van der Waals surface area contributed by atoms with Crippen LogP contribution in [0.2, 0.25) is 0 Å². The molecule has 28 heavy (non-hydrogen) atoms. The van der Waals surface area contributed by atoms with Crippen molar-refractivity contribution in [3.05, 3.63) is 65.7 Å². The minimum Gasteiger partial charge on any atom is -0.370 e. The van der Waals surface area contributed by atoms with Crippen molar-refractivity contribution in [2.24, 2.45) is 7.05 Å². The van der Waals surface area contributed by atoms with Crippen LogP contribution in [-0.4, -0.2) is 27.9 Å². The van der Waals surface area contributed by atoms with Crippen molar-refractivity contribution >= 4 is 5.69 Å². The Labute approximate surface area is 161 Å². The maximum absolute atomic E-state index is 13.8. The minimum absolute atomic E-state index is 0.310. The highest BCUT2D eigenvalue weighted by Crippen LogP contribution is 2.38. The monoisotopic (exact) mass is 379 g/mol. The van der Waals surface area contributed by atoms with Crippen LogP contribution in [0, 0.1) is 23.0 Å². The molecule has 0 atom stereocenters. The topological polar surface area (TPSA) is 57.7 Å². The zero-order chi connectivity index (χ0) is 19.7. The Hall–Kier alpha value is -3.27. The quantitative estimate of drug-likeness (QED) is 0.690. The van der Waals surface area contributed by atoms with Gasteiger partial charge in [0.05, 0.1) is 11.3 Å². The van der Waals surface area contributed by atoms with Gasteiger partial charge in [-0.15, -0.1) is 10.2 Å². The van der Waals surface area contributed by atoms with Crippen LogP contribution in [0.25, 0.3) is 11.1 Å². The van der Waals surface area contributed by atoms with Crippen LogP contribution in [-0.2, 0) is 7.05 Å². The van der Waals surface area contributed by atoms with E-state index in [2.05, 4.69) is 21.2 Å². The second-order valence-electron chi connectivity index (χ2n) is 7.00. The number of anilines is 1. The molecule has 0 amide bonds. The van der Waals surface area contributed by atoms with Gasteiger partial charge in [-0.25, -0.2) is 8.78 Å². The molecule has 2 heterocycles. The van der Waals surface area contributed by atoms with Crippen molar-refractivity contribution < 1.29 is 8.78 Å². The molecule has 4 rings (SSSR count). The van der Waals surface area contributed by atoms with Crippen LogP contribution in [0.4, 0.5) is 14.5 Å². The van der Waals surface area contributed by atoms with Crippen molar-refractivity contribution in [3.8, 4) is 17.2 Å². The van der Waals surface area contributed by atoms with E-state index in [0.717, 1.165) is 49.1 Å². The first kappa shape index (κ1) is 18.1. The summed E-state index contributed by atoms with van der Waals surface area (Å²) >= 11 is 0. The molecule has 7 heteroatoms. The maximum atomic E-state index is 13.8. The van der Waals surface area contributed by atoms with Gasteiger partial charge >= 0.3 is 0 Å². The van der Waals surface area contributed by atoms with Crippen LogP contribution >= 0.6 is 0 Å². The number of piperidine rings is 1. The summed E-state index contributed by atoms with van der Waals surface area (Å²) in [6.07, 6.45) is 3.46. The zero-order valence-electron chi connectivity index (χ0n) is 15.4. The largest absolute Gasteiger partial charge is 0.370 e. The van der Waals surface area contributed by atoms with Gasteiger partial charge in [0, 0.05) is 31.6 Å². The normalized spacial score (nSPS) is 14.9. The molecule has 3 aromatic rings. The number of benzene rings is 2. The Kier molecular flexibility index (Phi) is 4.78. The predicted octanol–water partition coefficient (Wildman–Crippen LogP) is 4.02. The molecule has 0 saturated carbocycles. The molecular weight excluding hydrogens is 360 g/mol. The number of rotatable bonds is 3. The molecule has 1 aromatic heterocycles. The maximum Gasteiger partial charge on any atom is 0.159 e. The second-order valence-corrected chi connectivity index (χ2v) is 7.00. The molecule has 1 fully saturated rings. The van der Waals surface area contributed by atoms with E-state index in [9.17, 15) is 14.0 Å². The SMILES string of the molecule is Cn1cnnc1C1CCN(c2c(C#N)cccc2-c2ccc(F)c(F)c2)CC1. The Bertz CT molecular complexity index is 1050. The Morgan fingerprint density at radius 3 is 2.54 bits per heavy atom. The molecule has 0 N–H and O–H groups in total. The van der Waals surface area contributed by atoms with Gasteiger partial charge in [0.25, 0.3) is 0 Å². The van der Waals surface area contributed by atoms with E-state index < -0.39 is 11.6 Å². The number of nitriles is 1. The van der Waals surface area contributed by atoms with Crippen LogP contribution < -0.4 is 4.90 Å². The lowest BCUT2D eigenvalue weighted by molar-refractivity contribution is 0.474. The Morgan fingerprint density at radius 2 is 1.89 bits per heavy atom. The summed E-state index contributed by atoms with van der Waals surface area (Å²) in [5.74, 6) is -0.503. The molecule has 5 nitrogen and oxygen atoms in total. The van der Waals surface area contributed by atoms with Crippen LogP contribution in [0.3, 0.4) is 0 Å². The lowest BCUT2D eigenvalue weighted by Gasteiger charge is -2.35. The van der Waals surface area contributed by atoms with Gasteiger partial charge in [-0.1, -0.05) is 18.2 Å². The van der Waals surface area contributed by atoms with Gasteiger partial charge < -0.3 is 9.47 Å². The van der Waals surface area contributed by atoms with Crippen molar-refractivity contribution in [3.63, 3.8) is 0 Å². The molecule has 1 saturated heterocycles. The van der Waals surface area contributed by atoms with Gasteiger partial charge in [-0.05, 0) is 36.6 Å². The minimum atomic E-state index is -0.896. The van der Waals surface area contributed by atoms with E-state index >= 15 is 0 Å². The summed E-state index contributed by atoms with van der Waals surface area (Å²) in [6.45, 7) is 1.49. The molecule has 0 spiro atoms. The number of aromatic nitrogens is 3. The van der Waals surface area contributed by atoms with Gasteiger partial charge in [0.2, 0.25) is 0 Å². The van der Waals surface area contributed by atoms with Crippen molar-refractivity contribution in [2.75, 3.05) is 18.0 Å². The summed E-state index contributed by atoms with van der Waals surface area (Å²) < 4.78 is 29.1. The fourth-order valence-corrected chi connectivity index (χ4v) is 3.89. The first-order valence-electron chi connectivity index (χ1n) is 9.16. The number of hydrogen-bond acceptors (Lipinski definition) is 4. The fourth-order valence-electron chi connectivity index (χ4n) is 3.89. The number of aryl methyl sites for hydroxylation is 1. The van der Waals surface area contributed by atoms with Gasteiger partial charge in [-0.2, -0.15) is 5.26 Å². The molecule has 0 bridgehead atoms. The highest BCUT2D eigenvalue weighted by atomic mass is 19.2. The average molecular weight is 379 g/mol. The first-order valence-corrected chi connectivity index (χ1v) is 9.16. The summed E-state index contributed by atoms with van der Waals surface area (Å²) in [5.41, 5.74) is 2.59. The third-order valence-electron chi connectivity index (χ3n) is 5.31. The van der Waals surface area contributed by atoms with Crippen LogP contribution in [0.5, 0.6) is 0 Å². The highest BCUT2D eigenvalue weighted by Gasteiger charge is 2.27. The fraction of sp³-hybridized carbons (Fsp3) is 0.286. The molecule has 0 radical (unpaired) electrons. The van der Waals surface area contributed by atoms with Crippen molar-refractivity contribution in [1.82, 2.24) is 14.8 Å². The lowest BCUT2D eigenvalue weighted by atomic mass is 9.93. The van der Waals surface area contributed by atoms with E-state index in [1.54, 1.807) is 24.5 Å². The number of halogens is 2. The van der Waals surface area contributed by atoms with E-state index in [0.29, 0.717) is 17.0 Å².